The molecule has 0 unspecified atom stereocenters. The molecular weight excluding hydrogens is 332 g/mol. The summed E-state index contributed by atoms with van der Waals surface area (Å²) in [4.78, 5) is 27.6. The van der Waals surface area contributed by atoms with E-state index in [1.807, 2.05) is 38.1 Å². The van der Waals surface area contributed by atoms with Gasteiger partial charge in [-0.05, 0) is 20.3 Å². The van der Waals surface area contributed by atoms with Crippen molar-refractivity contribution in [1.82, 2.24) is 10.3 Å². The number of benzene rings is 1. The number of aromatic nitrogens is 1. The zero-order valence-corrected chi connectivity index (χ0v) is 15.6. The number of carbonyl (C=O) groups is 2. The number of aryl methyl sites for hydroxylation is 2. The van der Waals surface area contributed by atoms with Crippen molar-refractivity contribution in [1.29, 1.82) is 0 Å². The Morgan fingerprint density at radius 2 is 2.00 bits per heavy atom. The van der Waals surface area contributed by atoms with Gasteiger partial charge >= 0.3 is 5.97 Å². The number of oxazole rings is 1. The van der Waals surface area contributed by atoms with Crippen LogP contribution in [0, 0.1) is 6.92 Å². The van der Waals surface area contributed by atoms with E-state index in [4.69, 9.17) is 9.15 Å². The molecule has 26 heavy (non-hydrogen) atoms. The van der Waals surface area contributed by atoms with Crippen molar-refractivity contribution in [3.05, 3.63) is 41.9 Å². The van der Waals surface area contributed by atoms with Crippen LogP contribution in [0.25, 0.3) is 11.3 Å². The summed E-state index contributed by atoms with van der Waals surface area (Å²) < 4.78 is 10.7. The predicted octanol–water partition coefficient (Wildman–Crippen LogP) is 3.43. The van der Waals surface area contributed by atoms with Gasteiger partial charge in [0.05, 0.1) is 12.6 Å². The zero-order valence-electron chi connectivity index (χ0n) is 15.6. The number of ether oxygens (including phenoxy) is 1. The Bertz CT molecular complexity index is 722. The molecule has 2 aromatic rings. The number of amides is 1. The molecule has 0 saturated carbocycles. The fourth-order valence-corrected chi connectivity index (χ4v) is 2.53. The first kappa shape index (κ1) is 19.7. The molecule has 1 amide bonds. The Labute approximate surface area is 154 Å². The number of esters is 1. The lowest BCUT2D eigenvalue weighted by Gasteiger charge is -2.12. The smallest absolute Gasteiger partial charge is 0.306 e. The molecule has 0 aliphatic heterocycles. The largest absolute Gasteiger partial charge is 0.456 e. The monoisotopic (exact) mass is 358 g/mol. The minimum absolute atomic E-state index is 0.0821. The second-order valence-corrected chi connectivity index (χ2v) is 6.40. The molecule has 0 fully saturated rings. The van der Waals surface area contributed by atoms with Crippen LogP contribution < -0.4 is 5.32 Å². The topological polar surface area (TPSA) is 81.4 Å². The Balaban J connectivity index is 1.74. The number of rotatable bonds is 9. The first-order chi connectivity index (χ1) is 12.5. The highest BCUT2D eigenvalue weighted by Crippen LogP contribution is 2.21. The van der Waals surface area contributed by atoms with E-state index in [1.165, 1.54) is 5.56 Å². The predicted molar refractivity (Wildman–Crippen MR) is 98.5 cm³/mol. The molecule has 140 valence electrons. The summed E-state index contributed by atoms with van der Waals surface area (Å²) in [6.07, 6.45) is 3.98. The molecule has 1 aromatic carbocycles. The maximum absolute atomic E-state index is 11.8. The van der Waals surface area contributed by atoms with Crippen LogP contribution in [0.5, 0.6) is 0 Å². The molecule has 6 heteroatoms. The molecule has 0 radical (unpaired) electrons. The van der Waals surface area contributed by atoms with Crippen molar-refractivity contribution in [2.45, 2.75) is 52.5 Å². The van der Waals surface area contributed by atoms with E-state index in [9.17, 15) is 9.59 Å². The lowest BCUT2D eigenvalue weighted by molar-refractivity contribution is -0.148. The lowest BCUT2D eigenvalue weighted by atomic mass is 10.1. The van der Waals surface area contributed by atoms with Crippen LogP contribution in [0.4, 0.5) is 0 Å². The first-order valence-corrected chi connectivity index (χ1v) is 8.94. The molecular formula is C20H26N2O4. The molecule has 0 spiro atoms. The number of hydrogen-bond donors (Lipinski definition) is 1. The summed E-state index contributed by atoms with van der Waals surface area (Å²) in [6.45, 7) is 5.74. The van der Waals surface area contributed by atoms with Crippen molar-refractivity contribution in [3.63, 3.8) is 0 Å². The molecule has 1 heterocycles. The summed E-state index contributed by atoms with van der Waals surface area (Å²) in [7, 11) is 0. The van der Waals surface area contributed by atoms with Crippen LogP contribution in [0.15, 0.2) is 34.9 Å². The van der Waals surface area contributed by atoms with Crippen LogP contribution >= 0.6 is 0 Å². The quantitative estimate of drug-likeness (QED) is 0.695. The Morgan fingerprint density at radius 3 is 2.69 bits per heavy atom. The highest BCUT2D eigenvalue weighted by Gasteiger charge is 2.12. The third-order valence-corrected chi connectivity index (χ3v) is 3.93. The van der Waals surface area contributed by atoms with Gasteiger partial charge in [-0.2, -0.15) is 0 Å². The van der Waals surface area contributed by atoms with Gasteiger partial charge in [0, 0.05) is 18.0 Å². The Kier molecular flexibility index (Phi) is 7.38. The summed E-state index contributed by atoms with van der Waals surface area (Å²) in [5.74, 6) is 0.409. The molecule has 2 rings (SSSR count). The Hall–Kier alpha value is -2.63. The number of carbonyl (C=O) groups excluding carboxylic acids is 2. The van der Waals surface area contributed by atoms with Crippen molar-refractivity contribution < 1.29 is 18.7 Å². The third-order valence-electron chi connectivity index (χ3n) is 3.93. The van der Waals surface area contributed by atoms with Gasteiger partial charge in [-0.3, -0.25) is 9.59 Å². The second kappa shape index (κ2) is 9.75. The number of nitrogens with zero attached hydrogens (tertiary/aromatic N) is 1. The van der Waals surface area contributed by atoms with Crippen molar-refractivity contribution in [2.24, 2.45) is 0 Å². The maximum Gasteiger partial charge on any atom is 0.306 e. The molecule has 0 aliphatic carbocycles. The minimum Gasteiger partial charge on any atom is -0.456 e. The fourth-order valence-electron chi connectivity index (χ4n) is 2.53. The van der Waals surface area contributed by atoms with Crippen LogP contribution in [0.2, 0.25) is 0 Å². The van der Waals surface area contributed by atoms with Gasteiger partial charge in [-0.15, -0.1) is 0 Å². The second-order valence-electron chi connectivity index (χ2n) is 6.40. The van der Waals surface area contributed by atoms with E-state index < -0.39 is 5.97 Å². The summed E-state index contributed by atoms with van der Waals surface area (Å²) in [5, 5.41) is 2.79. The normalized spacial score (nSPS) is 11.8. The summed E-state index contributed by atoms with van der Waals surface area (Å²) in [6, 6.07) is 8.01. The van der Waals surface area contributed by atoms with Gasteiger partial charge in [0.2, 0.25) is 0 Å². The highest BCUT2D eigenvalue weighted by molar-refractivity contribution is 5.80. The average molecular weight is 358 g/mol. The van der Waals surface area contributed by atoms with Crippen molar-refractivity contribution >= 4 is 11.9 Å². The van der Waals surface area contributed by atoms with E-state index in [0.717, 1.165) is 18.4 Å². The highest BCUT2D eigenvalue weighted by atomic mass is 16.5. The van der Waals surface area contributed by atoms with Gasteiger partial charge in [0.1, 0.15) is 0 Å². The van der Waals surface area contributed by atoms with Crippen molar-refractivity contribution in [3.8, 4) is 11.3 Å². The SMILES string of the molecule is CCC[C@@H](C)NC(=O)COC(=O)CCc1ncc(-c2ccc(C)cc2)o1. The first-order valence-electron chi connectivity index (χ1n) is 8.94. The fraction of sp³-hybridized carbons (Fsp3) is 0.450. The average Bonchev–Trinajstić information content (AvgIpc) is 3.08. The van der Waals surface area contributed by atoms with Crippen molar-refractivity contribution in [2.75, 3.05) is 6.61 Å². The molecule has 1 N–H and O–H groups in total. The van der Waals surface area contributed by atoms with E-state index in [-0.39, 0.29) is 25.0 Å². The molecule has 1 aromatic heterocycles. The molecule has 6 nitrogen and oxygen atoms in total. The van der Waals surface area contributed by atoms with Crippen LogP contribution in [-0.2, 0) is 20.7 Å². The van der Waals surface area contributed by atoms with Crippen LogP contribution in [0.3, 0.4) is 0 Å². The molecule has 0 saturated heterocycles. The standard InChI is InChI=1S/C20H26N2O4/c1-4-5-15(3)22-18(23)13-25-20(24)11-10-19-21-12-17(26-19)16-8-6-14(2)7-9-16/h6-9,12,15H,4-5,10-11,13H2,1-3H3,(H,22,23)/t15-/m1/s1. The third kappa shape index (κ3) is 6.35. The molecule has 0 bridgehead atoms. The van der Waals surface area contributed by atoms with Gasteiger partial charge in [-0.25, -0.2) is 4.98 Å². The maximum atomic E-state index is 11.8. The minimum atomic E-state index is -0.446. The Morgan fingerprint density at radius 1 is 1.27 bits per heavy atom. The van der Waals surface area contributed by atoms with Crippen LogP contribution in [-0.4, -0.2) is 29.5 Å². The number of nitrogens with one attached hydrogen (secondary N) is 1. The van der Waals surface area contributed by atoms with Crippen LogP contribution in [0.1, 0.15) is 44.6 Å². The van der Waals surface area contributed by atoms with Gasteiger partial charge in [-0.1, -0.05) is 43.2 Å². The molecule has 0 aliphatic rings. The number of hydrogen-bond acceptors (Lipinski definition) is 5. The van der Waals surface area contributed by atoms with Gasteiger partial charge in [0.25, 0.3) is 5.91 Å². The summed E-state index contributed by atoms with van der Waals surface area (Å²) in [5.41, 5.74) is 2.11. The zero-order chi connectivity index (χ0) is 18.9. The van der Waals surface area contributed by atoms with E-state index in [2.05, 4.69) is 17.2 Å². The van der Waals surface area contributed by atoms with Gasteiger partial charge in [0.15, 0.2) is 18.3 Å². The summed E-state index contributed by atoms with van der Waals surface area (Å²) >= 11 is 0. The van der Waals surface area contributed by atoms with Gasteiger partial charge < -0.3 is 14.5 Å². The molecule has 1 atom stereocenters. The van der Waals surface area contributed by atoms with E-state index in [0.29, 0.717) is 18.1 Å². The lowest BCUT2D eigenvalue weighted by Crippen LogP contribution is -2.35. The van der Waals surface area contributed by atoms with E-state index in [1.54, 1.807) is 6.20 Å². The van der Waals surface area contributed by atoms with E-state index >= 15 is 0 Å².